The van der Waals surface area contributed by atoms with Crippen LogP contribution in [0.3, 0.4) is 0 Å². The van der Waals surface area contributed by atoms with Crippen molar-refractivity contribution >= 4 is 5.97 Å². The van der Waals surface area contributed by atoms with Crippen molar-refractivity contribution < 1.29 is 9.53 Å². The third kappa shape index (κ3) is 2.36. The maximum absolute atomic E-state index is 11.1. The van der Waals surface area contributed by atoms with E-state index in [0.29, 0.717) is 6.42 Å². The zero-order valence-electron chi connectivity index (χ0n) is 8.88. The number of esters is 1. The van der Waals surface area contributed by atoms with Crippen molar-refractivity contribution in [3.8, 4) is 0 Å². The van der Waals surface area contributed by atoms with Crippen molar-refractivity contribution in [2.75, 3.05) is 13.7 Å². The van der Waals surface area contributed by atoms with E-state index in [4.69, 9.17) is 0 Å². The third-order valence-corrected chi connectivity index (χ3v) is 2.73. The molecule has 1 N–H and O–H groups in total. The minimum Gasteiger partial charge on any atom is -0.469 e. The smallest absolute Gasteiger partial charge is 0.309 e. The number of nitrogens with one attached hydrogen (secondary N) is 1. The highest BCUT2D eigenvalue weighted by Gasteiger charge is 2.10. The fraction of sp³-hybridized carbons (Fsp3) is 0.417. The lowest BCUT2D eigenvalue weighted by Gasteiger charge is -2.17. The van der Waals surface area contributed by atoms with Crippen LogP contribution < -0.4 is 5.32 Å². The molecule has 1 aliphatic heterocycles. The molecule has 0 aromatic heterocycles. The number of ether oxygens (including phenoxy) is 1. The Hall–Kier alpha value is -1.35. The Labute approximate surface area is 89.4 Å². The first-order valence-electron chi connectivity index (χ1n) is 5.18. The second kappa shape index (κ2) is 4.45. The average molecular weight is 205 g/mol. The largest absolute Gasteiger partial charge is 0.469 e. The molecule has 0 saturated carbocycles. The SMILES string of the molecule is COC(=O)Cc1ccc2c(c1)CCNC2. The Morgan fingerprint density at radius 1 is 1.47 bits per heavy atom. The number of methoxy groups -OCH3 is 1. The molecule has 1 aliphatic rings. The van der Waals surface area contributed by atoms with E-state index in [1.807, 2.05) is 6.07 Å². The molecule has 2 rings (SSSR count). The molecule has 0 radical (unpaired) electrons. The summed E-state index contributed by atoms with van der Waals surface area (Å²) in [5, 5.41) is 3.32. The van der Waals surface area contributed by atoms with Gasteiger partial charge in [0.25, 0.3) is 0 Å². The second-order valence-corrected chi connectivity index (χ2v) is 3.78. The van der Waals surface area contributed by atoms with Crippen LogP contribution in [0.15, 0.2) is 18.2 Å². The van der Waals surface area contributed by atoms with Crippen molar-refractivity contribution in [3.63, 3.8) is 0 Å². The van der Waals surface area contributed by atoms with Gasteiger partial charge in [-0.25, -0.2) is 0 Å². The molecule has 0 fully saturated rings. The van der Waals surface area contributed by atoms with Crippen LogP contribution in [-0.4, -0.2) is 19.6 Å². The fourth-order valence-corrected chi connectivity index (χ4v) is 1.88. The number of hydrogen-bond donors (Lipinski definition) is 1. The standard InChI is InChI=1S/C12H15NO2/c1-15-12(14)7-9-2-3-11-8-13-5-4-10(11)6-9/h2-3,6,13H,4-5,7-8H2,1H3. The molecule has 0 bridgehead atoms. The quantitative estimate of drug-likeness (QED) is 0.733. The van der Waals surface area contributed by atoms with E-state index in [1.165, 1.54) is 18.2 Å². The van der Waals surface area contributed by atoms with Crippen LogP contribution >= 0.6 is 0 Å². The summed E-state index contributed by atoms with van der Waals surface area (Å²) in [6, 6.07) is 6.22. The predicted molar refractivity (Wildman–Crippen MR) is 57.6 cm³/mol. The van der Waals surface area contributed by atoms with Gasteiger partial charge in [-0.3, -0.25) is 4.79 Å². The maximum atomic E-state index is 11.1. The minimum atomic E-state index is -0.177. The highest BCUT2D eigenvalue weighted by atomic mass is 16.5. The number of benzene rings is 1. The lowest BCUT2D eigenvalue weighted by molar-refractivity contribution is -0.139. The summed E-state index contributed by atoms with van der Waals surface area (Å²) >= 11 is 0. The zero-order valence-corrected chi connectivity index (χ0v) is 8.88. The summed E-state index contributed by atoms with van der Waals surface area (Å²) in [7, 11) is 1.42. The second-order valence-electron chi connectivity index (χ2n) is 3.78. The van der Waals surface area contributed by atoms with Gasteiger partial charge in [0.05, 0.1) is 13.5 Å². The van der Waals surface area contributed by atoms with Crippen LogP contribution in [-0.2, 0) is 28.9 Å². The number of fused-ring (bicyclic) bond motifs is 1. The first-order chi connectivity index (χ1) is 7.29. The number of carbonyl (C=O) groups excluding carboxylic acids is 1. The van der Waals surface area contributed by atoms with Crippen LogP contribution in [0.1, 0.15) is 16.7 Å². The molecular formula is C12H15NO2. The van der Waals surface area contributed by atoms with Crippen molar-refractivity contribution in [1.82, 2.24) is 5.32 Å². The molecule has 3 nitrogen and oxygen atoms in total. The molecule has 3 heteroatoms. The van der Waals surface area contributed by atoms with Crippen molar-refractivity contribution in [1.29, 1.82) is 0 Å². The summed E-state index contributed by atoms with van der Waals surface area (Å²) in [5.41, 5.74) is 3.74. The van der Waals surface area contributed by atoms with Gasteiger partial charge in [0.2, 0.25) is 0 Å². The van der Waals surface area contributed by atoms with Crippen LogP contribution in [0.4, 0.5) is 0 Å². The van der Waals surface area contributed by atoms with Crippen molar-refractivity contribution in [3.05, 3.63) is 34.9 Å². The Morgan fingerprint density at radius 2 is 2.33 bits per heavy atom. The predicted octanol–water partition coefficient (Wildman–Crippen LogP) is 1.05. The molecule has 0 spiro atoms. The molecule has 1 aromatic rings. The highest BCUT2D eigenvalue weighted by molar-refractivity contribution is 5.72. The number of rotatable bonds is 2. The molecule has 0 saturated heterocycles. The molecule has 0 aliphatic carbocycles. The molecule has 15 heavy (non-hydrogen) atoms. The molecule has 0 atom stereocenters. The van der Waals surface area contributed by atoms with Gasteiger partial charge in [-0.15, -0.1) is 0 Å². The van der Waals surface area contributed by atoms with E-state index in [2.05, 4.69) is 22.2 Å². The maximum Gasteiger partial charge on any atom is 0.309 e. The Bertz CT molecular complexity index is 374. The zero-order chi connectivity index (χ0) is 10.7. The van der Waals surface area contributed by atoms with E-state index in [-0.39, 0.29) is 5.97 Å². The summed E-state index contributed by atoms with van der Waals surface area (Å²) in [5.74, 6) is -0.177. The summed E-state index contributed by atoms with van der Waals surface area (Å²) in [4.78, 5) is 11.1. The van der Waals surface area contributed by atoms with Gasteiger partial charge >= 0.3 is 5.97 Å². The lowest BCUT2D eigenvalue weighted by Crippen LogP contribution is -2.23. The summed E-state index contributed by atoms with van der Waals surface area (Å²) in [6.07, 6.45) is 1.42. The van der Waals surface area contributed by atoms with Gasteiger partial charge in [-0.05, 0) is 29.7 Å². The lowest BCUT2D eigenvalue weighted by atomic mass is 9.97. The van der Waals surface area contributed by atoms with Crippen molar-refractivity contribution in [2.24, 2.45) is 0 Å². The molecule has 80 valence electrons. The normalized spacial score (nSPS) is 14.5. The monoisotopic (exact) mass is 205 g/mol. The van der Waals surface area contributed by atoms with Crippen LogP contribution in [0.25, 0.3) is 0 Å². The van der Waals surface area contributed by atoms with Gasteiger partial charge in [-0.2, -0.15) is 0 Å². The third-order valence-electron chi connectivity index (χ3n) is 2.73. The Balaban J connectivity index is 2.17. The minimum absolute atomic E-state index is 0.177. The van der Waals surface area contributed by atoms with Crippen LogP contribution in [0.2, 0.25) is 0 Å². The van der Waals surface area contributed by atoms with Gasteiger partial charge in [0.1, 0.15) is 0 Å². The van der Waals surface area contributed by atoms with Crippen LogP contribution in [0.5, 0.6) is 0 Å². The number of carbonyl (C=O) groups is 1. The van der Waals surface area contributed by atoms with Gasteiger partial charge in [-0.1, -0.05) is 18.2 Å². The van der Waals surface area contributed by atoms with E-state index in [9.17, 15) is 4.79 Å². The first-order valence-corrected chi connectivity index (χ1v) is 5.18. The molecule has 0 amide bonds. The first kappa shape index (κ1) is 10.2. The highest BCUT2D eigenvalue weighted by Crippen LogP contribution is 2.16. The average Bonchev–Trinajstić information content (AvgIpc) is 2.29. The molecular weight excluding hydrogens is 190 g/mol. The topological polar surface area (TPSA) is 38.3 Å². The van der Waals surface area contributed by atoms with Gasteiger partial charge in [0.15, 0.2) is 0 Å². The van der Waals surface area contributed by atoms with E-state index in [0.717, 1.165) is 25.1 Å². The summed E-state index contributed by atoms with van der Waals surface area (Å²) < 4.78 is 4.65. The number of hydrogen-bond acceptors (Lipinski definition) is 3. The molecule has 1 aromatic carbocycles. The Kier molecular flexibility index (Phi) is 3.02. The van der Waals surface area contributed by atoms with E-state index < -0.39 is 0 Å². The fourth-order valence-electron chi connectivity index (χ4n) is 1.88. The Morgan fingerprint density at radius 3 is 3.13 bits per heavy atom. The van der Waals surface area contributed by atoms with Gasteiger partial charge < -0.3 is 10.1 Å². The summed E-state index contributed by atoms with van der Waals surface area (Å²) in [6.45, 7) is 1.96. The molecule has 0 unspecified atom stereocenters. The molecule has 1 heterocycles. The van der Waals surface area contributed by atoms with Gasteiger partial charge in [0, 0.05) is 6.54 Å². The van der Waals surface area contributed by atoms with E-state index in [1.54, 1.807) is 0 Å². The van der Waals surface area contributed by atoms with Crippen molar-refractivity contribution in [2.45, 2.75) is 19.4 Å². The van der Waals surface area contributed by atoms with Crippen LogP contribution in [0, 0.1) is 0 Å². The van der Waals surface area contributed by atoms with E-state index >= 15 is 0 Å².